The Balaban J connectivity index is 4.80. The maximum atomic E-state index is 11.4. The molecule has 0 rings (SSSR count). The lowest BCUT2D eigenvalue weighted by molar-refractivity contribution is -0.263. The number of hydrogen-bond donors (Lipinski definition) is 0. The Hall–Kier alpha value is -2.03. The molecule has 6 heteroatoms. The molecule has 15 heavy (non-hydrogen) atoms. The van der Waals surface area contributed by atoms with E-state index in [0.717, 1.165) is 6.26 Å². The van der Waals surface area contributed by atoms with Gasteiger partial charge in [0.2, 0.25) is 0 Å². The number of amides is 2. The lowest BCUT2D eigenvalue weighted by Crippen LogP contribution is -2.45. The average Bonchev–Trinajstić information content (AvgIpc) is 2.19. The molecule has 0 radical (unpaired) electrons. The Kier molecular flexibility index (Phi) is 5.56. The van der Waals surface area contributed by atoms with Gasteiger partial charge in [-0.3, -0.25) is 9.69 Å². The molecule has 0 aliphatic carbocycles. The molecule has 0 aromatic heterocycles. The van der Waals surface area contributed by atoms with E-state index < -0.39 is 12.0 Å². The summed E-state index contributed by atoms with van der Waals surface area (Å²) in [6.45, 7) is 3.35. The fourth-order valence-corrected chi connectivity index (χ4v) is 0.792. The van der Waals surface area contributed by atoms with Crippen molar-refractivity contribution in [1.29, 1.82) is 5.26 Å². The summed E-state index contributed by atoms with van der Waals surface area (Å²) in [7, 11) is 0. The molecule has 0 unspecified atom stereocenters. The van der Waals surface area contributed by atoms with Gasteiger partial charge in [-0.15, -0.1) is 0 Å². The van der Waals surface area contributed by atoms with Crippen LogP contribution in [0.2, 0.25) is 0 Å². The average molecular weight is 211 g/mol. The van der Waals surface area contributed by atoms with Crippen LogP contribution in [0.15, 0.2) is 11.8 Å². The molecule has 0 saturated carbocycles. The second-order valence-corrected chi connectivity index (χ2v) is 2.41. The number of imide groups is 1. The molecule has 0 atom stereocenters. The maximum absolute atomic E-state index is 11.4. The van der Waals surface area contributed by atoms with Crippen LogP contribution in [0, 0.1) is 11.3 Å². The highest BCUT2D eigenvalue weighted by molar-refractivity contribution is 6.03. The third-order valence-electron chi connectivity index (χ3n) is 1.50. The number of nitriles is 1. The van der Waals surface area contributed by atoms with Gasteiger partial charge in [0.15, 0.2) is 5.57 Å². The summed E-state index contributed by atoms with van der Waals surface area (Å²) in [6, 6.07) is 1.56. The van der Waals surface area contributed by atoms with Crippen LogP contribution in [-0.4, -0.2) is 30.1 Å². The van der Waals surface area contributed by atoms with E-state index >= 15 is 0 Å². The number of rotatable bonds is 4. The van der Waals surface area contributed by atoms with Crippen LogP contribution in [0.3, 0.4) is 0 Å². The summed E-state index contributed by atoms with van der Waals surface area (Å²) < 4.78 is 4.74. The molecule has 82 valence electrons. The third kappa shape index (κ3) is 3.68. The first-order valence-corrected chi connectivity index (χ1v) is 4.33. The van der Waals surface area contributed by atoms with Gasteiger partial charge in [0.25, 0.3) is 5.91 Å². The van der Waals surface area contributed by atoms with Crippen molar-refractivity contribution in [2.75, 3.05) is 13.2 Å². The van der Waals surface area contributed by atoms with Gasteiger partial charge in [-0.2, -0.15) is 5.26 Å². The predicted molar refractivity (Wildman–Crippen MR) is 48.1 cm³/mol. The van der Waals surface area contributed by atoms with E-state index in [1.165, 1.54) is 6.92 Å². The third-order valence-corrected chi connectivity index (χ3v) is 1.50. The Bertz CT molecular complexity index is 317. The predicted octanol–water partition coefficient (Wildman–Crippen LogP) is -0.378. The Morgan fingerprint density at radius 2 is 2.13 bits per heavy atom. The molecule has 0 aromatic carbocycles. The molecule has 0 spiro atoms. The summed E-state index contributed by atoms with van der Waals surface area (Å²) in [5, 5.41) is 19.1. The molecular weight excluding hydrogens is 200 g/mol. The zero-order valence-electron chi connectivity index (χ0n) is 8.52. The summed E-state index contributed by atoms with van der Waals surface area (Å²) in [5.41, 5.74) is -0.372. The number of ether oxygens (including phenoxy) is 1. The van der Waals surface area contributed by atoms with E-state index in [-0.39, 0.29) is 18.7 Å². The van der Waals surface area contributed by atoms with Gasteiger partial charge in [0, 0.05) is 6.54 Å². The molecule has 2 amide bonds. The fourth-order valence-electron chi connectivity index (χ4n) is 0.792. The second-order valence-electron chi connectivity index (χ2n) is 2.41. The van der Waals surface area contributed by atoms with E-state index in [0.29, 0.717) is 4.90 Å². The number of carbonyl (C=O) groups is 2. The van der Waals surface area contributed by atoms with Gasteiger partial charge in [0.1, 0.15) is 18.4 Å². The molecule has 6 nitrogen and oxygen atoms in total. The van der Waals surface area contributed by atoms with E-state index in [4.69, 9.17) is 10.00 Å². The summed E-state index contributed by atoms with van der Waals surface area (Å²) in [5.74, 6) is -0.937. The standard InChI is InChI=1S/C9H12N2O4/c1-3-11(9(13)14)8(12)7(5-10)6-15-4-2/h6H,3-4H2,1-2H3,(H,13,14)/p-1. The number of carbonyl (C=O) groups excluding carboxylic acids is 2. The summed E-state index contributed by atoms with van der Waals surface area (Å²) >= 11 is 0. The number of likely N-dealkylation sites (N-methyl/N-ethyl adjacent to an activating group) is 1. The second kappa shape index (κ2) is 6.43. The van der Waals surface area contributed by atoms with Crippen molar-refractivity contribution in [2.24, 2.45) is 0 Å². The Morgan fingerprint density at radius 3 is 2.47 bits per heavy atom. The Labute approximate surface area is 87.4 Å². The summed E-state index contributed by atoms with van der Waals surface area (Å²) in [6.07, 6.45) is -0.700. The molecule has 0 N–H and O–H groups in total. The lowest BCUT2D eigenvalue weighted by Gasteiger charge is -2.20. The Morgan fingerprint density at radius 1 is 1.53 bits per heavy atom. The van der Waals surface area contributed by atoms with Gasteiger partial charge in [0.05, 0.1) is 6.61 Å². The van der Waals surface area contributed by atoms with Crippen LogP contribution >= 0.6 is 0 Å². The zero-order valence-corrected chi connectivity index (χ0v) is 8.52. The highest BCUT2D eigenvalue weighted by Crippen LogP contribution is 2.01. The van der Waals surface area contributed by atoms with E-state index in [1.54, 1.807) is 13.0 Å². The van der Waals surface area contributed by atoms with Crippen LogP contribution in [0.25, 0.3) is 0 Å². The van der Waals surface area contributed by atoms with Gasteiger partial charge in [-0.05, 0) is 13.8 Å². The SMILES string of the molecule is CCOC=C(C#N)C(=O)N(CC)C(=O)[O-]. The molecule has 0 heterocycles. The minimum atomic E-state index is -1.64. The van der Waals surface area contributed by atoms with Crippen molar-refractivity contribution in [2.45, 2.75) is 13.8 Å². The number of hydrogen-bond acceptors (Lipinski definition) is 5. The first-order valence-electron chi connectivity index (χ1n) is 4.33. The normalized spacial score (nSPS) is 10.3. The van der Waals surface area contributed by atoms with Crippen LogP contribution in [-0.2, 0) is 9.53 Å². The molecule has 0 bridgehead atoms. The van der Waals surface area contributed by atoms with Crippen molar-refractivity contribution in [1.82, 2.24) is 4.90 Å². The van der Waals surface area contributed by atoms with Crippen LogP contribution < -0.4 is 5.11 Å². The maximum Gasteiger partial charge on any atom is 0.273 e. The van der Waals surface area contributed by atoms with Crippen molar-refractivity contribution in [3.05, 3.63) is 11.8 Å². The van der Waals surface area contributed by atoms with Crippen LogP contribution in [0.5, 0.6) is 0 Å². The van der Waals surface area contributed by atoms with Gasteiger partial charge >= 0.3 is 0 Å². The number of carboxylic acid groups (broad SMARTS) is 1. The monoisotopic (exact) mass is 211 g/mol. The fraction of sp³-hybridized carbons (Fsp3) is 0.444. The topological polar surface area (TPSA) is 93.5 Å². The van der Waals surface area contributed by atoms with Crippen molar-refractivity contribution < 1.29 is 19.4 Å². The van der Waals surface area contributed by atoms with E-state index in [1.807, 2.05) is 0 Å². The first kappa shape index (κ1) is 13.0. The first-order chi connectivity index (χ1) is 7.08. The van der Waals surface area contributed by atoms with Crippen LogP contribution in [0.1, 0.15) is 13.8 Å². The van der Waals surface area contributed by atoms with Crippen LogP contribution in [0.4, 0.5) is 4.79 Å². The molecular formula is C9H11N2O4-. The molecule has 0 aliphatic heterocycles. The van der Waals surface area contributed by atoms with Gasteiger partial charge in [-0.1, -0.05) is 0 Å². The quantitative estimate of drug-likeness (QED) is 0.359. The van der Waals surface area contributed by atoms with Crippen molar-refractivity contribution >= 4 is 12.0 Å². The lowest BCUT2D eigenvalue weighted by atomic mass is 10.3. The van der Waals surface area contributed by atoms with Gasteiger partial charge < -0.3 is 14.6 Å². The highest BCUT2D eigenvalue weighted by atomic mass is 16.5. The molecule has 0 saturated heterocycles. The molecule has 0 aromatic rings. The molecule has 0 fully saturated rings. The zero-order chi connectivity index (χ0) is 11.8. The minimum absolute atomic E-state index is 0.0771. The van der Waals surface area contributed by atoms with Crippen molar-refractivity contribution in [3.63, 3.8) is 0 Å². The van der Waals surface area contributed by atoms with Crippen molar-refractivity contribution in [3.8, 4) is 6.07 Å². The number of nitrogens with zero attached hydrogens (tertiary/aromatic N) is 2. The van der Waals surface area contributed by atoms with E-state index in [9.17, 15) is 14.7 Å². The molecule has 0 aliphatic rings. The highest BCUT2D eigenvalue weighted by Gasteiger charge is 2.17. The minimum Gasteiger partial charge on any atom is -0.530 e. The largest absolute Gasteiger partial charge is 0.530 e. The summed E-state index contributed by atoms with van der Waals surface area (Å²) in [4.78, 5) is 22.3. The smallest absolute Gasteiger partial charge is 0.273 e. The van der Waals surface area contributed by atoms with E-state index in [2.05, 4.69) is 0 Å². The van der Waals surface area contributed by atoms with Gasteiger partial charge in [-0.25, -0.2) is 0 Å².